The van der Waals surface area contributed by atoms with Crippen molar-refractivity contribution in [1.82, 2.24) is 15.0 Å². The molecule has 0 unspecified atom stereocenters. The van der Waals surface area contributed by atoms with Crippen molar-refractivity contribution >= 4 is 21.9 Å². The molecule has 3 rings (SSSR count). The van der Waals surface area contributed by atoms with Gasteiger partial charge in [-0.3, -0.25) is 9.78 Å². The van der Waals surface area contributed by atoms with E-state index in [1.165, 1.54) is 6.20 Å². The molecule has 0 fully saturated rings. The van der Waals surface area contributed by atoms with Gasteiger partial charge in [-0.1, -0.05) is 18.2 Å². The molecule has 0 spiro atoms. The van der Waals surface area contributed by atoms with E-state index in [2.05, 4.69) is 15.0 Å². The van der Waals surface area contributed by atoms with E-state index in [1.54, 1.807) is 6.20 Å². The lowest BCUT2D eigenvalue weighted by Crippen LogP contribution is -2.08. The number of nitrogens with one attached hydrogen (secondary N) is 1. The van der Waals surface area contributed by atoms with Crippen LogP contribution in [0.1, 0.15) is 0 Å². The van der Waals surface area contributed by atoms with Crippen LogP contribution in [0.5, 0.6) is 0 Å². The summed E-state index contributed by atoms with van der Waals surface area (Å²) in [4.78, 5) is 22.6. The Balaban J connectivity index is 2.70. The molecule has 3 aromatic rings. The zero-order valence-electron chi connectivity index (χ0n) is 7.77. The molecule has 1 N–H and O–H groups in total. The number of benzene rings is 1. The van der Waals surface area contributed by atoms with Gasteiger partial charge in [-0.2, -0.15) is 0 Å². The van der Waals surface area contributed by atoms with Gasteiger partial charge in [0, 0.05) is 17.8 Å². The molecule has 0 amide bonds. The summed E-state index contributed by atoms with van der Waals surface area (Å²) >= 11 is 0. The fourth-order valence-electron chi connectivity index (χ4n) is 1.68. The van der Waals surface area contributed by atoms with E-state index in [0.717, 1.165) is 10.9 Å². The van der Waals surface area contributed by atoms with Crippen molar-refractivity contribution in [1.29, 1.82) is 0 Å². The van der Waals surface area contributed by atoms with Crippen molar-refractivity contribution in [2.45, 2.75) is 0 Å². The maximum Gasteiger partial charge on any atom is 0.276 e. The van der Waals surface area contributed by atoms with Gasteiger partial charge in [0.05, 0.1) is 5.52 Å². The highest BCUT2D eigenvalue weighted by atomic mass is 16.1. The van der Waals surface area contributed by atoms with Crippen LogP contribution >= 0.6 is 0 Å². The maximum absolute atomic E-state index is 11.6. The summed E-state index contributed by atoms with van der Waals surface area (Å²) in [6.07, 6.45) is 3.11. The molecule has 4 nitrogen and oxygen atoms in total. The molecule has 0 aliphatic rings. The summed E-state index contributed by atoms with van der Waals surface area (Å²) in [6.45, 7) is 0. The third-order valence-corrected chi connectivity index (χ3v) is 2.34. The van der Waals surface area contributed by atoms with Crippen LogP contribution in [0.15, 0.2) is 41.5 Å². The van der Waals surface area contributed by atoms with Crippen LogP contribution in [-0.4, -0.2) is 15.0 Å². The molecular weight excluding hydrogens is 190 g/mol. The topological polar surface area (TPSA) is 58.6 Å². The molecule has 0 bridgehead atoms. The van der Waals surface area contributed by atoms with Gasteiger partial charge in [-0.05, 0) is 6.07 Å². The fourth-order valence-corrected chi connectivity index (χ4v) is 1.68. The molecule has 0 saturated carbocycles. The number of hydrogen-bond donors (Lipinski definition) is 1. The number of hydrogen-bond acceptors (Lipinski definition) is 3. The summed E-state index contributed by atoms with van der Waals surface area (Å²) in [5.74, 6) is 0. The highest BCUT2D eigenvalue weighted by Gasteiger charge is 2.05. The molecule has 0 saturated heterocycles. The fraction of sp³-hybridized carbons (Fsp3) is 0. The van der Waals surface area contributed by atoms with Crippen LogP contribution in [0.25, 0.3) is 21.9 Å². The van der Waals surface area contributed by atoms with Crippen LogP contribution in [0.2, 0.25) is 0 Å². The minimum Gasteiger partial charge on any atom is -0.320 e. The van der Waals surface area contributed by atoms with Crippen molar-refractivity contribution in [3.05, 3.63) is 47.0 Å². The van der Waals surface area contributed by atoms with E-state index < -0.39 is 0 Å². The number of para-hydroxylation sites is 1. The Hall–Kier alpha value is -2.23. The number of aromatic amines is 1. The molecule has 4 heteroatoms. The van der Waals surface area contributed by atoms with Gasteiger partial charge >= 0.3 is 0 Å². The minimum atomic E-state index is -0.197. The van der Waals surface area contributed by atoms with Crippen molar-refractivity contribution in [3.8, 4) is 0 Å². The van der Waals surface area contributed by atoms with Crippen LogP contribution in [0, 0.1) is 0 Å². The summed E-state index contributed by atoms with van der Waals surface area (Å²) in [5, 5.41) is 0.917. The van der Waals surface area contributed by atoms with Crippen molar-refractivity contribution < 1.29 is 0 Å². The van der Waals surface area contributed by atoms with Gasteiger partial charge in [0.2, 0.25) is 0 Å². The minimum absolute atomic E-state index is 0.197. The lowest BCUT2D eigenvalue weighted by Gasteiger charge is -2.00. The van der Waals surface area contributed by atoms with Crippen LogP contribution < -0.4 is 5.56 Å². The summed E-state index contributed by atoms with van der Waals surface area (Å²) in [7, 11) is 0. The Morgan fingerprint density at radius 3 is 2.60 bits per heavy atom. The smallest absolute Gasteiger partial charge is 0.276 e. The average molecular weight is 197 g/mol. The van der Waals surface area contributed by atoms with Gasteiger partial charge in [0.15, 0.2) is 5.52 Å². The molecule has 0 radical (unpaired) electrons. The highest BCUT2D eigenvalue weighted by Crippen LogP contribution is 2.16. The number of pyridine rings is 1. The molecule has 15 heavy (non-hydrogen) atoms. The van der Waals surface area contributed by atoms with Gasteiger partial charge in [-0.15, -0.1) is 0 Å². The second kappa shape index (κ2) is 2.88. The summed E-state index contributed by atoms with van der Waals surface area (Å²) in [5.41, 5.74) is 1.63. The molecule has 0 aliphatic heterocycles. The van der Waals surface area contributed by atoms with Gasteiger partial charge < -0.3 is 4.98 Å². The summed E-state index contributed by atoms with van der Waals surface area (Å²) < 4.78 is 0. The quantitative estimate of drug-likeness (QED) is 0.555. The Kier molecular flexibility index (Phi) is 1.56. The molecule has 2 heterocycles. The predicted molar refractivity (Wildman–Crippen MR) is 57.7 cm³/mol. The third-order valence-electron chi connectivity index (χ3n) is 2.34. The Morgan fingerprint density at radius 1 is 1.00 bits per heavy atom. The van der Waals surface area contributed by atoms with E-state index in [0.29, 0.717) is 11.0 Å². The monoisotopic (exact) mass is 197 g/mol. The zero-order chi connectivity index (χ0) is 10.3. The number of nitrogens with zero attached hydrogens (tertiary/aromatic N) is 2. The molecule has 0 aliphatic carbocycles. The molecule has 0 atom stereocenters. The van der Waals surface area contributed by atoms with Crippen LogP contribution in [-0.2, 0) is 0 Å². The van der Waals surface area contributed by atoms with E-state index >= 15 is 0 Å². The Bertz CT molecular complexity index is 703. The normalized spacial score (nSPS) is 10.9. The number of rotatable bonds is 0. The van der Waals surface area contributed by atoms with Crippen LogP contribution in [0.3, 0.4) is 0 Å². The van der Waals surface area contributed by atoms with Crippen molar-refractivity contribution in [2.24, 2.45) is 0 Å². The Morgan fingerprint density at radius 2 is 1.73 bits per heavy atom. The van der Waals surface area contributed by atoms with E-state index in [1.807, 2.05) is 24.3 Å². The number of fused-ring (bicyclic) bond motifs is 3. The highest BCUT2D eigenvalue weighted by molar-refractivity contribution is 6.00. The Labute approximate surface area is 84.6 Å². The number of H-pyrrole nitrogens is 1. The molecule has 1 aromatic carbocycles. The second-order valence-corrected chi connectivity index (χ2v) is 3.25. The lowest BCUT2D eigenvalue weighted by atomic mass is 10.2. The second-order valence-electron chi connectivity index (χ2n) is 3.25. The first kappa shape index (κ1) is 8.11. The predicted octanol–water partition coefficient (Wildman–Crippen LogP) is 1.47. The van der Waals surface area contributed by atoms with Crippen molar-refractivity contribution in [2.75, 3.05) is 0 Å². The first-order valence-electron chi connectivity index (χ1n) is 4.58. The number of aromatic nitrogens is 3. The molecule has 72 valence electrons. The van der Waals surface area contributed by atoms with E-state index in [4.69, 9.17) is 0 Å². The van der Waals surface area contributed by atoms with E-state index in [-0.39, 0.29) is 5.56 Å². The molecular formula is C11H7N3O. The third kappa shape index (κ3) is 1.11. The van der Waals surface area contributed by atoms with E-state index in [9.17, 15) is 4.79 Å². The largest absolute Gasteiger partial charge is 0.320 e. The maximum atomic E-state index is 11.6. The standard InChI is InChI=1S/C11H7N3O/c15-11-10-9(12-5-6-13-10)7-3-1-2-4-8(7)14-11/h1-6H,(H,14,15). The zero-order valence-corrected chi connectivity index (χ0v) is 7.77. The first-order valence-corrected chi connectivity index (χ1v) is 4.58. The van der Waals surface area contributed by atoms with Gasteiger partial charge in [0.25, 0.3) is 5.56 Å². The van der Waals surface area contributed by atoms with Crippen LogP contribution in [0.4, 0.5) is 0 Å². The van der Waals surface area contributed by atoms with Gasteiger partial charge in [0.1, 0.15) is 5.52 Å². The SMILES string of the molecule is O=c1[nH]c2ccccc2c2nccnc12. The molecule has 2 aromatic heterocycles. The van der Waals surface area contributed by atoms with Gasteiger partial charge in [-0.25, -0.2) is 4.98 Å². The summed E-state index contributed by atoms with van der Waals surface area (Å²) in [6, 6.07) is 7.56. The lowest BCUT2D eigenvalue weighted by molar-refractivity contribution is 1.24. The average Bonchev–Trinajstić information content (AvgIpc) is 2.30. The van der Waals surface area contributed by atoms with Crippen molar-refractivity contribution in [3.63, 3.8) is 0 Å². The first-order chi connectivity index (χ1) is 7.36.